The molecule has 2 aromatic rings. The number of halogens is 1. The zero-order valence-electron chi connectivity index (χ0n) is 14.9. The van der Waals surface area contributed by atoms with Gasteiger partial charge < -0.3 is 15.5 Å². The minimum absolute atomic E-state index is 0.154. The number of nitrogens with zero attached hydrogens (tertiary/aromatic N) is 1. The van der Waals surface area contributed by atoms with Crippen LogP contribution < -0.4 is 15.5 Å². The summed E-state index contributed by atoms with van der Waals surface area (Å²) in [6.07, 6.45) is 1.49. The summed E-state index contributed by atoms with van der Waals surface area (Å²) in [6, 6.07) is 10.9. The number of nitrogens with one attached hydrogen (secondary N) is 2. The molecule has 0 aromatic heterocycles. The molecular weight excluding hydrogens is 333 g/mol. The summed E-state index contributed by atoms with van der Waals surface area (Å²) >= 11 is 0. The van der Waals surface area contributed by atoms with Gasteiger partial charge in [0.05, 0.1) is 0 Å². The number of benzene rings is 2. The molecular formula is C20H22FN3O2. The van der Waals surface area contributed by atoms with Crippen LogP contribution in [0.1, 0.15) is 25.3 Å². The summed E-state index contributed by atoms with van der Waals surface area (Å²) in [6.45, 7) is 4.46. The molecule has 1 saturated heterocycles. The highest BCUT2D eigenvalue weighted by Gasteiger charge is 2.23. The molecule has 136 valence electrons. The van der Waals surface area contributed by atoms with Gasteiger partial charge in [-0.15, -0.1) is 0 Å². The largest absolute Gasteiger partial charge is 0.374 e. The maximum Gasteiger partial charge on any atom is 0.246 e. The molecule has 1 heterocycles. The molecule has 1 aliphatic rings. The second-order valence-corrected chi connectivity index (χ2v) is 6.51. The lowest BCUT2D eigenvalue weighted by atomic mass is 10.1. The molecule has 2 aromatic carbocycles. The molecule has 1 atom stereocenters. The zero-order chi connectivity index (χ0) is 18.7. The molecule has 0 aliphatic carbocycles. The predicted molar refractivity (Wildman–Crippen MR) is 101 cm³/mol. The van der Waals surface area contributed by atoms with Gasteiger partial charge in [0.1, 0.15) is 11.9 Å². The van der Waals surface area contributed by atoms with E-state index in [0.29, 0.717) is 12.1 Å². The summed E-state index contributed by atoms with van der Waals surface area (Å²) in [7, 11) is 0. The molecule has 1 unspecified atom stereocenters. The maximum atomic E-state index is 12.9. The Kier molecular flexibility index (Phi) is 5.21. The van der Waals surface area contributed by atoms with Gasteiger partial charge in [0.15, 0.2) is 0 Å². The maximum absolute atomic E-state index is 12.9. The predicted octanol–water partition coefficient (Wildman–Crippen LogP) is 3.70. The fourth-order valence-electron chi connectivity index (χ4n) is 3.05. The minimum Gasteiger partial charge on any atom is -0.374 e. The van der Waals surface area contributed by atoms with E-state index in [1.165, 1.54) is 24.3 Å². The molecule has 6 heteroatoms. The lowest BCUT2D eigenvalue weighted by molar-refractivity contribution is -0.117. The Hall–Kier alpha value is -2.89. The Morgan fingerprint density at radius 1 is 1.15 bits per heavy atom. The van der Waals surface area contributed by atoms with Gasteiger partial charge in [-0.25, -0.2) is 4.39 Å². The van der Waals surface area contributed by atoms with Crippen LogP contribution in [0.15, 0.2) is 42.5 Å². The summed E-state index contributed by atoms with van der Waals surface area (Å²) in [5, 5.41) is 5.90. The number of hydrogen-bond donors (Lipinski definition) is 2. The van der Waals surface area contributed by atoms with Crippen LogP contribution in [0, 0.1) is 12.7 Å². The van der Waals surface area contributed by atoms with E-state index in [1.54, 1.807) is 6.92 Å². The molecule has 0 spiro atoms. The van der Waals surface area contributed by atoms with Gasteiger partial charge in [0, 0.05) is 30.0 Å². The van der Waals surface area contributed by atoms with Crippen molar-refractivity contribution in [1.82, 2.24) is 0 Å². The van der Waals surface area contributed by atoms with Gasteiger partial charge in [0.2, 0.25) is 11.8 Å². The Morgan fingerprint density at radius 3 is 2.46 bits per heavy atom. The van der Waals surface area contributed by atoms with Crippen molar-refractivity contribution in [2.45, 2.75) is 32.7 Å². The first-order chi connectivity index (χ1) is 12.4. The van der Waals surface area contributed by atoms with E-state index >= 15 is 0 Å². The number of anilines is 3. The summed E-state index contributed by atoms with van der Waals surface area (Å²) in [5.74, 6) is -0.407. The van der Waals surface area contributed by atoms with Gasteiger partial charge in [-0.2, -0.15) is 0 Å². The third-order valence-corrected chi connectivity index (χ3v) is 4.45. The standard InChI is InChI=1S/C20H22FN3O2/c1-13-12-17(9-10-18(13)24-11-3-4-19(24)25)22-14(2)20(26)23-16-7-5-15(21)6-8-16/h5-10,12,14,22H,3-4,11H2,1-2H3,(H,23,26). The normalized spacial score (nSPS) is 15.0. The minimum atomic E-state index is -0.473. The van der Waals surface area contributed by atoms with Crippen molar-refractivity contribution in [2.24, 2.45) is 0 Å². The topological polar surface area (TPSA) is 61.4 Å². The number of carbonyl (C=O) groups is 2. The van der Waals surface area contributed by atoms with E-state index in [-0.39, 0.29) is 17.6 Å². The van der Waals surface area contributed by atoms with E-state index in [9.17, 15) is 14.0 Å². The van der Waals surface area contributed by atoms with Crippen molar-refractivity contribution in [3.05, 3.63) is 53.8 Å². The quantitative estimate of drug-likeness (QED) is 0.860. The third-order valence-electron chi connectivity index (χ3n) is 4.45. The lowest BCUT2D eigenvalue weighted by Crippen LogP contribution is -2.32. The molecule has 0 bridgehead atoms. The summed E-state index contributed by atoms with van der Waals surface area (Å²) in [4.78, 5) is 26.0. The average Bonchev–Trinajstić information content (AvgIpc) is 3.03. The monoisotopic (exact) mass is 355 g/mol. The fraction of sp³-hybridized carbons (Fsp3) is 0.300. The second-order valence-electron chi connectivity index (χ2n) is 6.51. The molecule has 5 nitrogen and oxygen atoms in total. The number of amides is 2. The number of aryl methyl sites for hydroxylation is 1. The molecule has 3 rings (SSSR count). The van der Waals surface area contributed by atoms with Gasteiger partial charge in [-0.1, -0.05) is 0 Å². The zero-order valence-corrected chi connectivity index (χ0v) is 14.9. The van der Waals surface area contributed by atoms with E-state index in [1.807, 2.05) is 30.0 Å². The second kappa shape index (κ2) is 7.56. The third kappa shape index (κ3) is 4.02. The highest BCUT2D eigenvalue weighted by Crippen LogP contribution is 2.27. The van der Waals surface area contributed by atoms with Crippen molar-refractivity contribution in [2.75, 3.05) is 22.1 Å². The van der Waals surface area contributed by atoms with Crippen LogP contribution in [-0.4, -0.2) is 24.4 Å². The van der Waals surface area contributed by atoms with Crippen molar-refractivity contribution >= 4 is 28.9 Å². The molecule has 0 saturated carbocycles. The van der Waals surface area contributed by atoms with Crippen LogP contribution in [0.3, 0.4) is 0 Å². The Morgan fingerprint density at radius 2 is 1.85 bits per heavy atom. The van der Waals surface area contributed by atoms with Gasteiger partial charge in [-0.05, 0) is 68.3 Å². The molecule has 1 fully saturated rings. The van der Waals surface area contributed by atoms with E-state index in [2.05, 4.69) is 10.6 Å². The number of carbonyl (C=O) groups excluding carboxylic acids is 2. The molecule has 26 heavy (non-hydrogen) atoms. The molecule has 2 amide bonds. The van der Waals surface area contributed by atoms with Crippen LogP contribution in [0.25, 0.3) is 0 Å². The Balaban J connectivity index is 1.64. The van der Waals surface area contributed by atoms with E-state index in [4.69, 9.17) is 0 Å². The molecule has 1 aliphatic heterocycles. The molecule has 2 N–H and O–H groups in total. The Labute approximate surface area is 152 Å². The van der Waals surface area contributed by atoms with E-state index < -0.39 is 6.04 Å². The van der Waals surface area contributed by atoms with Crippen molar-refractivity contribution in [1.29, 1.82) is 0 Å². The fourth-order valence-corrected chi connectivity index (χ4v) is 3.05. The highest BCUT2D eigenvalue weighted by molar-refractivity contribution is 5.97. The number of hydrogen-bond acceptors (Lipinski definition) is 3. The van der Waals surface area contributed by atoms with Crippen molar-refractivity contribution in [3.8, 4) is 0 Å². The molecule has 0 radical (unpaired) electrons. The van der Waals surface area contributed by atoms with E-state index in [0.717, 1.165) is 29.9 Å². The first-order valence-corrected chi connectivity index (χ1v) is 8.68. The van der Waals surface area contributed by atoms with Gasteiger partial charge in [0.25, 0.3) is 0 Å². The van der Waals surface area contributed by atoms with Crippen LogP contribution in [0.5, 0.6) is 0 Å². The van der Waals surface area contributed by atoms with Crippen LogP contribution in [0.2, 0.25) is 0 Å². The Bertz CT molecular complexity index is 820. The van der Waals surface area contributed by atoms with Crippen LogP contribution in [-0.2, 0) is 9.59 Å². The summed E-state index contributed by atoms with van der Waals surface area (Å²) < 4.78 is 12.9. The van der Waals surface area contributed by atoms with Crippen molar-refractivity contribution in [3.63, 3.8) is 0 Å². The van der Waals surface area contributed by atoms with Crippen LogP contribution in [0.4, 0.5) is 21.5 Å². The van der Waals surface area contributed by atoms with Gasteiger partial charge in [-0.3, -0.25) is 9.59 Å². The number of rotatable bonds is 5. The first-order valence-electron chi connectivity index (χ1n) is 8.68. The van der Waals surface area contributed by atoms with Crippen LogP contribution >= 0.6 is 0 Å². The van der Waals surface area contributed by atoms with Gasteiger partial charge >= 0.3 is 0 Å². The summed E-state index contributed by atoms with van der Waals surface area (Å²) in [5.41, 5.74) is 3.25. The highest BCUT2D eigenvalue weighted by atomic mass is 19.1. The lowest BCUT2D eigenvalue weighted by Gasteiger charge is -2.20. The smallest absolute Gasteiger partial charge is 0.246 e. The van der Waals surface area contributed by atoms with Crippen molar-refractivity contribution < 1.29 is 14.0 Å². The SMILES string of the molecule is Cc1cc(NC(C)C(=O)Nc2ccc(F)cc2)ccc1N1CCCC1=O. The average molecular weight is 355 g/mol. The first kappa shape index (κ1) is 17.9.